The third-order valence-corrected chi connectivity index (χ3v) is 2.47. The van der Waals surface area contributed by atoms with Crippen LogP contribution in [0, 0.1) is 0 Å². The summed E-state index contributed by atoms with van der Waals surface area (Å²) >= 11 is 0. The minimum atomic E-state index is 0.754. The molecular formula is C12H10N4. The van der Waals surface area contributed by atoms with Gasteiger partial charge in [-0.05, 0) is 30.3 Å². The molecule has 0 radical (unpaired) electrons. The number of nitrogens with two attached hydrogens (primary N) is 1. The van der Waals surface area contributed by atoms with Crippen molar-refractivity contribution in [3.63, 3.8) is 0 Å². The van der Waals surface area contributed by atoms with E-state index in [1.54, 1.807) is 12.5 Å². The summed E-state index contributed by atoms with van der Waals surface area (Å²) in [5.41, 5.74) is 7.40. The first-order chi connectivity index (χ1) is 7.83. The molecule has 0 atom stereocenters. The lowest BCUT2D eigenvalue weighted by Crippen LogP contribution is -1.94. The fourth-order valence-corrected chi connectivity index (χ4v) is 1.67. The molecule has 78 valence electrons. The fourth-order valence-electron chi connectivity index (χ4n) is 1.67. The van der Waals surface area contributed by atoms with E-state index in [1.165, 1.54) is 0 Å². The molecule has 0 saturated carbocycles. The third-order valence-electron chi connectivity index (χ3n) is 2.47. The number of nitrogens with zero attached hydrogens (tertiary/aromatic N) is 3. The Morgan fingerprint density at radius 2 is 2.06 bits per heavy atom. The Labute approximate surface area is 92.4 Å². The Morgan fingerprint density at radius 1 is 1.12 bits per heavy atom. The van der Waals surface area contributed by atoms with Gasteiger partial charge in [0, 0.05) is 23.5 Å². The van der Waals surface area contributed by atoms with E-state index in [4.69, 9.17) is 5.73 Å². The molecule has 0 bridgehead atoms. The molecule has 0 unspecified atom stereocenters. The summed E-state index contributed by atoms with van der Waals surface area (Å²) in [6, 6.07) is 9.65. The van der Waals surface area contributed by atoms with Crippen molar-refractivity contribution in [1.82, 2.24) is 14.5 Å². The number of rotatable bonds is 1. The van der Waals surface area contributed by atoms with Gasteiger partial charge in [-0.25, -0.2) is 9.97 Å². The van der Waals surface area contributed by atoms with E-state index < -0.39 is 0 Å². The maximum atomic E-state index is 5.71. The summed E-state index contributed by atoms with van der Waals surface area (Å²) < 4.78 is 1.87. The first-order valence-corrected chi connectivity index (χ1v) is 4.97. The summed E-state index contributed by atoms with van der Waals surface area (Å²) in [5, 5.41) is 1.05. The van der Waals surface area contributed by atoms with Crippen molar-refractivity contribution in [2.24, 2.45) is 0 Å². The third kappa shape index (κ3) is 1.40. The smallest absolute Gasteiger partial charge is 0.138 e. The zero-order chi connectivity index (χ0) is 11.0. The predicted octanol–water partition coefficient (Wildman–Crippen LogP) is 2.00. The van der Waals surface area contributed by atoms with Gasteiger partial charge in [0.2, 0.25) is 0 Å². The van der Waals surface area contributed by atoms with Crippen LogP contribution in [-0.2, 0) is 0 Å². The van der Waals surface area contributed by atoms with Gasteiger partial charge >= 0.3 is 0 Å². The Hall–Kier alpha value is -2.36. The largest absolute Gasteiger partial charge is 0.399 e. The lowest BCUT2D eigenvalue weighted by atomic mass is 10.2. The summed E-state index contributed by atoms with van der Waals surface area (Å²) in [6.45, 7) is 0. The lowest BCUT2D eigenvalue weighted by molar-refractivity contribution is 1.01. The zero-order valence-corrected chi connectivity index (χ0v) is 8.54. The number of hydrogen-bond acceptors (Lipinski definition) is 3. The minimum absolute atomic E-state index is 0.754. The van der Waals surface area contributed by atoms with Crippen molar-refractivity contribution in [2.45, 2.75) is 0 Å². The number of fused-ring (bicyclic) bond motifs is 1. The number of imidazole rings is 1. The SMILES string of the molecule is Nc1ccc2nc(-n3ccnc3)ccc2c1. The summed E-state index contributed by atoms with van der Waals surface area (Å²) in [4.78, 5) is 8.52. The van der Waals surface area contributed by atoms with Gasteiger partial charge < -0.3 is 5.73 Å². The molecule has 1 aromatic carbocycles. The second kappa shape index (κ2) is 3.34. The van der Waals surface area contributed by atoms with E-state index >= 15 is 0 Å². The van der Waals surface area contributed by atoms with E-state index in [0.717, 1.165) is 22.4 Å². The van der Waals surface area contributed by atoms with Gasteiger partial charge in [0.25, 0.3) is 0 Å². The molecule has 2 heterocycles. The predicted molar refractivity (Wildman–Crippen MR) is 63.3 cm³/mol. The van der Waals surface area contributed by atoms with Crippen LogP contribution in [0.3, 0.4) is 0 Å². The van der Waals surface area contributed by atoms with Gasteiger partial charge in [0.05, 0.1) is 5.52 Å². The van der Waals surface area contributed by atoms with Crippen LogP contribution in [0.15, 0.2) is 49.1 Å². The van der Waals surface area contributed by atoms with Crippen molar-refractivity contribution in [3.05, 3.63) is 49.1 Å². The lowest BCUT2D eigenvalue weighted by Gasteiger charge is -2.03. The van der Waals surface area contributed by atoms with Crippen LogP contribution in [0.5, 0.6) is 0 Å². The quantitative estimate of drug-likeness (QED) is 0.625. The molecular weight excluding hydrogens is 200 g/mol. The highest BCUT2D eigenvalue weighted by atomic mass is 15.1. The van der Waals surface area contributed by atoms with Gasteiger partial charge in [-0.3, -0.25) is 4.57 Å². The second-order valence-corrected chi connectivity index (χ2v) is 3.59. The summed E-state index contributed by atoms with van der Waals surface area (Å²) in [7, 11) is 0. The molecule has 3 aromatic rings. The van der Waals surface area contributed by atoms with Crippen LogP contribution in [-0.4, -0.2) is 14.5 Å². The fraction of sp³-hybridized carbons (Fsp3) is 0. The molecule has 3 rings (SSSR count). The highest BCUT2D eigenvalue weighted by molar-refractivity contribution is 5.82. The molecule has 0 spiro atoms. The Kier molecular flexibility index (Phi) is 1.86. The number of pyridine rings is 1. The molecule has 0 aliphatic heterocycles. The van der Waals surface area contributed by atoms with Crippen molar-refractivity contribution < 1.29 is 0 Å². The highest BCUT2D eigenvalue weighted by Crippen LogP contribution is 2.17. The number of benzene rings is 1. The van der Waals surface area contributed by atoms with Gasteiger partial charge in [-0.1, -0.05) is 0 Å². The molecule has 4 nitrogen and oxygen atoms in total. The molecule has 16 heavy (non-hydrogen) atoms. The number of aromatic nitrogens is 3. The topological polar surface area (TPSA) is 56.7 Å². The highest BCUT2D eigenvalue weighted by Gasteiger charge is 2.00. The van der Waals surface area contributed by atoms with Gasteiger partial charge in [-0.2, -0.15) is 0 Å². The van der Waals surface area contributed by atoms with Crippen LogP contribution < -0.4 is 5.73 Å². The van der Waals surface area contributed by atoms with E-state index in [2.05, 4.69) is 9.97 Å². The standard InChI is InChI=1S/C12H10N4/c13-10-2-3-11-9(7-10)1-4-12(15-11)16-6-5-14-8-16/h1-8H,13H2. The average Bonchev–Trinajstić information content (AvgIpc) is 2.82. The normalized spacial score (nSPS) is 10.8. The van der Waals surface area contributed by atoms with Crippen LogP contribution in [0.25, 0.3) is 16.7 Å². The zero-order valence-electron chi connectivity index (χ0n) is 8.54. The van der Waals surface area contributed by atoms with Crippen molar-refractivity contribution in [2.75, 3.05) is 5.73 Å². The second-order valence-electron chi connectivity index (χ2n) is 3.59. The van der Waals surface area contributed by atoms with E-state index in [0.29, 0.717) is 0 Å². The first kappa shape index (κ1) is 8.91. The molecule has 4 heteroatoms. The summed E-state index contributed by atoms with van der Waals surface area (Å²) in [6.07, 6.45) is 5.33. The molecule has 0 aliphatic rings. The first-order valence-electron chi connectivity index (χ1n) is 4.97. The number of anilines is 1. The van der Waals surface area contributed by atoms with Gasteiger partial charge in [-0.15, -0.1) is 0 Å². The molecule has 2 N–H and O–H groups in total. The van der Waals surface area contributed by atoms with Crippen LogP contribution in [0.4, 0.5) is 5.69 Å². The monoisotopic (exact) mass is 210 g/mol. The van der Waals surface area contributed by atoms with Crippen LogP contribution >= 0.6 is 0 Å². The van der Waals surface area contributed by atoms with Gasteiger partial charge in [0.1, 0.15) is 12.1 Å². The maximum absolute atomic E-state index is 5.71. The Bertz CT molecular complexity index is 629. The Morgan fingerprint density at radius 3 is 2.88 bits per heavy atom. The van der Waals surface area contributed by atoms with E-state index in [9.17, 15) is 0 Å². The molecule has 0 amide bonds. The van der Waals surface area contributed by atoms with Crippen LogP contribution in [0.1, 0.15) is 0 Å². The van der Waals surface area contributed by atoms with Gasteiger partial charge in [0.15, 0.2) is 0 Å². The number of nitrogen functional groups attached to an aromatic ring is 1. The molecule has 0 aliphatic carbocycles. The van der Waals surface area contributed by atoms with Crippen molar-refractivity contribution >= 4 is 16.6 Å². The van der Waals surface area contributed by atoms with E-state index in [1.807, 2.05) is 41.1 Å². The van der Waals surface area contributed by atoms with Crippen LogP contribution in [0.2, 0.25) is 0 Å². The van der Waals surface area contributed by atoms with Crippen molar-refractivity contribution in [1.29, 1.82) is 0 Å². The minimum Gasteiger partial charge on any atom is -0.399 e. The van der Waals surface area contributed by atoms with E-state index in [-0.39, 0.29) is 0 Å². The van der Waals surface area contributed by atoms with Crippen molar-refractivity contribution in [3.8, 4) is 5.82 Å². The summed E-state index contributed by atoms with van der Waals surface area (Å²) in [5.74, 6) is 0.856. The molecule has 2 aromatic heterocycles. The maximum Gasteiger partial charge on any atom is 0.138 e. The molecule has 0 fully saturated rings. The average molecular weight is 210 g/mol. The Balaban J connectivity index is 2.20. The molecule has 0 saturated heterocycles. The number of hydrogen-bond donors (Lipinski definition) is 1.